The molecule has 0 unspecified atom stereocenters. The third kappa shape index (κ3) is 3.11. The molecule has 68 valence electrons. The monoisotopic (exact) mass is 175 g/mol. The number of Topliss-reactive ketones (excluding diaryl/α,β-unsaturated/α-hetero) is 1. The van der Waals surface area contributed by atoms with Crippen LogP contribution >= 0.6 is 0 Å². The number of hydrogen-bond donors (Lipinski definition) is 3. The van der Waals surface area contributed by atoms with E-state index < -0.39 is 30.1 Å². The molecule has 0 aromatic carbocycles. The number of hydrogen-bond acceptors (Lipinski definition) is 4. The van der Waals surface area contributed by atoms with E-state index >= 15 is 0 Å². The summed E-state index contributed by atoms with van der Waals surface area (Å²) in [6.07, 6.45) is -0.554. The van der Waals surface area contributed by atoms with Crippen LogP contribution in [-0.4, -0.2) is 34.5 Å². The maximum atomic E-state index is 10.6. The van der Waals surface area contributed by atoms with Gasteiger partial charge >= 0.3 is 11.9 Å². The number of aliphatic carboxylic acids is 2. The minimum Gasteiger partial charge on any atom is -0.481 e. The van der Waals surface area contributed by atoms with Crippen molar-refractivity contribution in [1.82, 2.24) is 0 Å². The highest BCUT2D eigenvalue weighted by molar-refractivity contribution is 5.97. The zero-order valence-corrected chi connectivity index (χ0v) is 6.19. The van der Waals surface area contributed by atoms with Gasteiger partial charge in [0.25, 0.3) is 0 Å². The molecule has 0 aliphatic carbocycles. The van der Waals surface area contributed by atoms with Crippen molar-refractivity contribution in [2.45, 2.75) is 6.42 Å². The van der Waals surface area contributed by atoms with E-state index in [1.807, 2.05) is 0 Å². The smallest absolute Gasteiger partial charge is 0.318 e. The number of ketones is 1. The molecule has 0 aromatic heterocycles. The summed E-state index contributed by atoms with van der Waals surface area (Å²) in [5.74, 6) is -5.31. The van der Waals surface area contributed by atoms with Gasteiger partial charge in [-0.2, -0.15) is 0 Å². The van der Waals surface area contributed by atoms with Gasteiger partial charge in [0.1, 0.15) is 5.78 Å². The maximum absolute atomic E-state index is 10.6. The van der Waals surface area contributed by atoms with E-state index in [0.717, 1.165) is 0 Å². The molecule has 0 spiro atoms. The Morgan fingerprint density at radius 3 is 1.83 bits per heavy atom. The number of nitrogens with two attached hydrogens (primary N) is 1. The average Bonchev–Trinajstić information content (AvgIpc) is 1.98. The first-order chi connectivity index (χ1) is 5.49. The Labute approximate surface area is 68.0 Å². The summed E-state index contributed by atoms with van der Waals surface area (Å²) in [5.41, 5.74) is 4.89. The Bertz CT molecular complexity index is 198. The van der Waals surface area contributed by atoms with Crippen molar-refractivity contribution in [3.63, 3.8) is 0 Å². The van der Waals surface area contributed by atoms with Crippen molar-refractivity contribution >= 4 is 17.7 Å². The van der Waals surface area contributed by atoms with Gasteiger partial charge in [-0.25, -0.2) is 0 Å². The molecular weight excluding hydrogens is 166 g/mol. The van der Waals surface area contributed by atoms with Crippen LogP contribution in [0.25, 0.3) is 0 Å². The third-order valence-electron chi connectivity index (χ3n) is 1.26. The van der Waals surface area contributed by atoms with E-state index in [1.165, 1.54) is 0 Å². The molecule has 0 aliphatic rings. The minimum absolute atomic E-state index is 0.336. The standard InChI is InChI=1S/C6H9NO5/c7-2-3(8)1-4(5(9)10)6(11)12/h4H,1-2,7H2,(H,9,10)(H,11,12). The molecule has 0 fully saturated rings. The van der Waals surface area contributed by atoms with Crippen molar-refractivity contribution in [2.24, 2.45) is 11.7 Å². The molecule has 0 aromatic rings. The summed E-state index contributed by atoms with van der Waals surface area (Å²) >= 11 is 0. The second kappa shape index (κ2) is 4.45. The maximum Gasteiger partial charge on any atom is 0.318 e. The van der Waals surface area contributed by atoms with Crippen LogP contribution in [0, 0.1) is 5.92 Å². The molecule has 0 heterocycles. The van der Waals surface area contributed by atoms with Gasteiger partial charge in [0.15, 0.2) is 5.92 Å². The SMILES string of the molecule is NCC(=O)CC(C(=O)O)C(=O)O. The lowest BCUT2D eigenvalue weighted by Gasteiger charge is -2.03. The van der Waals surface area contributed by atoms with Crippen molar-refractivity contribution < 1.29 is 24.6 Å². The molecular formula is C6H9NO5. The average molecular weight is 175 g/mol. The number of carbonyl (C=O) groups is 3. The van der Waals surface area contributed by atoms with Crippen LogP contribution in [0.2, 0.25) is 0 Å². The van der Waals surface area contributed by atoms with E-state index in [-0.39, 0.29) is 6.54 Å². The first-order valence-electron chi connectivity index (χ1n) is 3.16. The third-order valence-corrected chi connectivity index (χ3v) is 1.26. The molecule has 0 atom stereocenters. The van der Waals surface area contributed by atoms with Crippen LogP contribution in [-0.2, 0) is 14.4 Å². The number of carbonyl (C=O) groups excluding carboxylic acids is 1. The first-order valence-corrected chi connectivity index (χ1v) is 3.16. The molecule has 0 saturated carbocycles. The predicted molar refractivity (Wildman–Crippen MR) is 37.4 cm³/mol. The quantitative estimate of drug-likeness (QED) is 0.446. The Balaban J connectivity index is 4.24. The molecule has 0 rings (SSSR count). The summed E-state index contributed by atoms with van der Waals surface area (Å²) < 4.78 is 0. The van der Waals surface area contributed by atoms with Crippen molar-refractivity contribution in [3.8, 4) is 0 Å². The minimum atomic E-state index is -1.68. The summed E-state index contributed by atoms with van der Waals surface area (Å²) in [7, 11) is 0. The molecule has 0 aliphatic heterocycles. The number of carboxylic acids is 2. The molecule has 0 saturated heterocycles. The highest BCUT2D eigenvalue weighted by atomic mass is 16.4. The van der Waals surface area contributed by atoms with Crippen LogP contribution in [0.15, 0.2) is 0 Å². The molecule has 12 heavy (non-hydrogen) atoms. The molecule has 0 amide bonds. The van der Waals surface area contributed by atoms with E-state index in [4.69, 9.17) is 15.9 Å². The van der Waals surface area contributed by atoms with E-state index in [2.05, 4.69) is 0 Å². The fraction of sp³-hybridized carbons (Fsp3) is 0.500. The fourth-order valence-corrected chi connectivity index (χ4v) is 0.591. The summed E-state index contributed by atoms with van der Waals surface area (Å²) in [5, 5.41) is 16.6. The lowest BCUT2D eigenvalue weighted by molar-refractivity contribution is -0.156. The van der Waals surface area contributed by atoms with Gasteiger partial charge in [-0.05, 0) is 0 Å². The van der Waals surface area contributed by atoms with Gasteiger partial charge in [0.2, 0.25) is 0 Å². The van der Waals surface area contributed by atoms with E-state index in [1.54, 1.807) is 0 Å². The zero-order valence-electron chi connectivity index (χ0n) is 6.19. The number of rotatable bonds is 5. The normalized spacial score (nSPS) is 9.83. The van der Waals surface area contributed by atoms with E-state index in [0.29, 0.717) is 0 Å². The fourth-order valence-electron chi connectivity index (χ4n) is 0.591. The van der Waals surface area contributed by atoms with Gasteiger partial charge < -0.3 is 15.9 Å². The Kier molecular flexibility index (Phi) is 3.92. The highest BCUT2D eigenvalue weighted by Crippen LogP contribution is 2.03. The van der Waals surface area contributed by atoms with Gasteiger partial charge in [0.05, 0.1) is 6.54 Å². The molecule has 0 radical (unpaired) electrons. The summed E-state index contributed by atoms with van der Waals surface area (Å²) in [6.45, 7) is -0.336. The second-order valence-corrected chi connectivity index (χ2v) is 2.18. The largest absolute Gasteiger partial charge is 0.481 e. The Morgan fingerprint density at radius 1 is 1.17 bits per heavy atom. The van der Waals surface area contributed by atoms with Crippen LogP contribution in [0.1, 0.15) is 6.42 Å². The number of carboxylic acid groups (broad SMARTS) is 2. The predicted octanol–water partition coefficient (Wildman–Crippen LogP) is -1.31. The topological polar surface area (TPSA) is 118 Å². The van der Waals surface area contributed by atoms with Crippen molar-refractivity contribution in [1.29, 1.82) is 0 Å². The Morgan fingerprint density at radius 2 is 1.58 bits per heavy atom. The van der Waals surface area contributed by atoms with Crippen LogP contribution < -0.4 is 5.73 Å². The first kappa shape index (κ1) is 10.6. The molecule has 0 bridgehead atoms. The second-order valence-electron chi connectivity index (χ2n) is 2.18. The van der Waals surface area contributed by atoms with E-state index in [9.17, 15) is 14.4 Å². The van der Waals surface area contributed by atoms with Crippen LogP contribution in [0.4, 0.5) is 0 Å². The van der Waals surface area contributed by atoms with Crippen LogP contribution in [0.3, 0.4) is 0 Å². The summed E-state index contributed by atoms with van der Waals surface area (Å²) in [4.78, 5) is 31.0. The van der Waals surface area contributed by atoms with Crippen molar-refractivity contribution in [3.05, 3.63) is 0 Å². The lowest BCUT2D eigenvalue weighted by atomic mass is 10.0. The molecule has 6 heteroatoms. The van der Waals surface area contributed by atoms with Gasteiger partial charge in [-0.1, -0.05) is 0 Å². The Hall–Kier alpha value is -1.43. The van der Waals surface area contributed by atoms with Crippen molar-refractivity contribution in [2.75, 3.05) is 6.54 Å². The van der Waals surface area contributed by atoms with Gasteiger partial charge in [0, 0.05) is 6.42 Å². The van der Waals surface area contributed by atoms with Crippen LogP contribution in [0.5, 0.6) is 0 Å². The van der Waals surface area contributed by atoms with Gasteiger partial charge in [-0.15, -0.1) is 0 Å². The van der Waals surface area contributed by atoms with Gasteiger partial charge in [-0.3, -0.25) is 14.4 Å². The highest BCUT2D eigenvalue weighted by Gasteiger charge is 2.27. The summed E-state index contributed by atoms with van der Waals surface area (Å²) in [6, 6.07) is 0. The molecule has 6 nitrogen and oxygen atoms in total. The zero-order chi connectivity index (χ0) is 9.72. The molecule has 4 N–H and O–H groups in total. The lowest BCUT2D eigenvalue weighted by Crippen LogP contribution is -2.28.